The minimum absolute atomic E-state index is 0. The molecule has 21 valence electrons. The van der Waals surface area contributed by atoms with Gasteiger partial charge in [-0.3, -0.25) is 0 Å². The molecule has 0 fully saturated rings. The van der Waals surface area contributed by atoms with Gasteiger partial charge in [0.25, 0.3) is 0 Å². The SMILES string of the molecule is CCBr.[Na]. The molecule has 0 N–H and O–H groups in total. The van der Waals surface area contributed by atoms with Gasteiger partial charge in [-0.15, -0.1) is 0 Å². The summed E-state index contributed by atoms with van der Waals surface area (Å²) < 4.78 is 0. The fourth-order valence-electron chi connectivity index (χ4n) is 0. The van der Waals surface area contributed by atoms with Crippen LogP contribution in [0.3, 0.4) is 0 Å². The summed E-state index contributed by atoms with van der Waals surface area (Å²) in [5.74, 6) is 0. The maximum atomic E-state index is 3.15. The molecule has 0 aliphatic rings. The molecule has 0 amide bonds. The normalized spacial score (nSPS) is 4.50. The van der Waals surface area contributed by atoms with Crippen molar-refractivity contribution in [2.45, 2.75) is 6.92 Å². The summed E-state index contributed by atoms with van der Waals surface area (Å²) in [6, 6.07) is 0. The first-order valence-electron chi connectivity index (χ1n) is 0.974. The molecule has 0 aromatic heterocycles. The largest absolute Gasteiger partial charge is 0.0931 e. The molecule has 4 heavy (non-hydrogen) atoms. The van der Waals surface area contributed by atoms with Crippen molar-refractivity contribution in [3.8, 4) is 0 Å². The first kappa shape index (κ1) is 9.08. The van der Waals surface area contributed by atoms with E-state index in [4.69, 9.17) is 0 Å². The number of hydrogen-bond acceptors (Lipinski definition) is 0. The van der Waals surface area contributed by atoms with Crippen LogP contribution in [0, 0.1) is 0 Å². The van der Waals surface area contributed by atoms with E-state index in [0.717, 1.165) is 5.33 Å². The zero-order valence-corrected chi connectivity index (χ0v) is 6.67. The van der Waals surface area contributed by atoms with Crippen LogP contribution in [0.5, 0.6) is 0 Å². The van der Waals surface area contributed by atoms with Crippen LogP contribution in [0.2, 0.25) is 0 Å². The predicted molar refractivity (Wildman–Crippen MR) is 25.2 cm³/mol. The standard InChI is InChI=1S/C2H5Br.Na/c1-2-3;/h2H2,1H3;. The van der Waals surface area contributed by atoms with Crippen LogP contribution in [-0.4, -0.2) is 34.9 Å². The van der Waals surface area contributed by atoms with E-state index in [-0.39, 0.29) is 29.6 Å². The van der Waals surface area contributed by atoms with Crippen molar-refractivity contribution in [2.24, 2.45) is 0 Å². The molecule has 0 atom stereocenters. The molecular formula is C2H5BrNa. The molecule has 1 radical (unpaired) electrons. The van der Waals surface area contributed by atoms with Crippen molar-refractivity contribution in [1.29, 1.82) is 0 Å². The zero-order chi connectivity index (χ0) is 2.71. The van der Waals surface area contributed by atoms with Gasteiger partial charge in [0.15, 0.2) is 0 Å². The van der Waals surface area contributed by atoms with Gasteiger partial charge in [0.05, 0.1) is 0 Å². The molecule has 0 aliphatic heterocycles. The van der Waals surface area contributed by atoms with Crippen molar-refractivity contribution < 1.29 is 0 Å². The minimum atomic E-state index is 0. The van der Waals surface area contributed by atoms with Crippen LogP contribution in [-0.2, 0) is 0 Å². The molecule has 0 bridgehead atoms. The Morgan fingerprint density at radius 2 is 1.75 bits per heavy atom. The molecule has 0 saturated carbocycles. The minimum Gasteiger partial charge on any atom is -0.0931 e. The van der Waals surface area contributed by atoms with E-state index in [9.17, 15) is 0 Å². The summed E-state index contributed by atoms with van der Waals surface area (Å²) in [4.78, 5) is 0. The van der Waals surface area contributed by atoms with Gasteiger partial charge in [0.2, 0.25) is 0 Å². The third-order valence-corrected chi connectivity index (χ3v) is 0. The van der Waals surface area contributed by atoms with Crippen LogP contribution in [0.4, 0.5) is 0 Å². The quantitative estimate of drug-likeness (QED) is 0.341. The first-order valence-corrected chi connectivity index (χ1v) is 2.10. The average molecular weight is 132 g/mol. The van der Waals surface area contributed by atoms with Gasteiger partial charge in [-0.05, 0) is 0 Å². The third kappa shape index (κ3) is 9.77. The van der Waals surface area contributed by atoms with Gasteiger partial charge >= 0.3 is 0 Å². The van der Waals surface area contributed by atoms with Gasteiger partial charge < -0.3 is 0 Å². The van der Waals surface area contributed by atoms with Gasteiger partial charge in [0.1, 0.15) is 0 Å². The molecule has 0 nitrogen and oxygen atoms in total. The molecule has 0 heterocycles. The van der Waals surface area contributed by atoms with Crippen molar-refractivity contribution in [2.75, 3.05) is 5.33 Å². The Morgan fingerprint density at radius 1 is 1.75 bits per heavy atom. The van der Waals surface area contributed by atoms with E-state index in [1.807, 2.05) is 6.92 Å². The van der Waals surface area contributed by atoms with Crippen molar-refractivity contribution >= 4 is 45.5 Å². The van der Waals surface area contributed by atoms with E-state index in [0.29, 0.717) is 0 Å². The third-order valence-electron chi connectivity index (χ3n) is 0. The second kappa shape index (κ2) is 8.82. The molecule has 2 heteroatoms. The summed E-state index contributed by atoms with van der Waals surface area (Å²) in [5.41, 5.74) is 0. The van der Waals surface area contributed by atoms with Crippen molar-refractivity contribution in [3.63, 3.8) is 0 Å². The van der Waals surface area contributed by atoms with Crippen molar-refractivity contribution in [1.82, 2.24) is 0 Å². The number of rotatable bonds is 0. The van der Waals surface area contributed by atoms with Crippen molar-refractivity contribution in [3.05, 3.63) is 0 Å². The average Bonchev–Trinajstić information content (AvgIpc) is 0.918. The maximum Gasteiger partial charge on any atom is 0.000281 e. The Morgan fingerprint density at radius 3 is 1.75 bits per heavy atom. The zero-order valence-electron chi connectivity index (χ0n) is 3.09. The van der Waals surface area contributed by atoms with Crippen LogP contribution in [0.1, 0.15) is 6.92 Å². The Balaban J connectivity index is 0. The molecule has 0 spiro atoms. The predicted octanol–water partition coefficient (Wildman–Crippen LogP) is 1.02. The van der Waals surface area contributed by atoms with Crippen LogP contribution < -0.4 is 0 Å². The number of alkyl halides is 1. The molecule has 0 unspecified atom stereocenters. The topological polar surface area (TPSA) is 0 Å². The van der Waals surface area contributed by atoms with Crippen LogP contribution in [0.15, 0.2) is 0 Å². The summed E-state index contributed by atoms with van der Waals surface area (Å²) in [7, 11) is 0. The smallest absolute Gasteiger partial charge is 0.000281 e. The molecule has 0 aliphatic carbocycles. The molecule has 0 aromatic rings. The fraction of sp³-hybridized carbons (Fsp3) is 1.00. The maximum absolute atomic E-state index is 3.15. The molecule has 0 saturated heterocycles. The monoisotopic (exact) mass is 131 g/mol. The summed E-state index contributed by atoms with van der Waals surface area (Å²) >= 11 is 3.15. The Bertz CT molecular complexity index is 6.00. The van der Waals surface area contributed by atoms with E-state index in [1.54, 1.807) is 0 Å². The Hall–Kier alpha value is 1.48. The van der Waals surface area contributed by atoms with Gasteiger partial charge in [-0.2, -0.15) is 0 Å². The molecular weight excluding hydrogens is 127 g/mol. The van der Waals surface area contributed by atoms with E-state index in [2.05, 4.69) is 15.9 Å². The van der Waals surface area contributed by atoms with Gasteiger partial charge in [0, 0.05) is 34.9 Å². The van der Waals surface area contributed by atoms with Crippen LogP contribution >= 0.6 is 15.9 Å². The van der Waals surface area contributed by atoms with E-state index < -0.39 is 0 Å². The summed E-state index contributed by atoms with van der Waals surface area (Å²) in [5, 5.41) is 1.06. The number of hydrogen-bond donors (Lipinski definition) is 0. The second-order valence-electron chi connectivity index (χ2n) is 0.267. The molecule has 0 aromatic carbocycles. The second-order valence-corrected chi connectivity index (χ2v) is 1.39. The van der Waals surface area contributed by atoms with Gasteiger partial charge in [-0.25, -0.2) is 0 Å². The Labute approximate surface area is 57.4 Å². The summed E-state index contributed by atoms with van der Waals surface area (Å²) in [6.45, 7) is 2.04. The Kier molecular flexibility index (Phi) is 20.0. The fourth-order valence-corrected chi connectivity index (χ4v) is 0. The van der Waals surface area contributed by atoms with E-state index in [1.165, 1.54) is 0 Å². The molecule has 0 rings (SSSR count). The summed E-state index contributed by atoms with van der Waals surface area (Å²) in [6.07, 6.45) is 0. The van der Waals surface area contributed by atoms with Gasteiger partial charge in [-0.1, -0.05) is 22.9 Å². The van der Waals surface area contributed by atoms with E-state index >= 15 is 0 Å². The number of halogens is 1. The van der Waals surface area contributed by atoms with Crippen LogP contribution in [0.25, 0.3) is 0 Å². The first-order chi connectivity index (χ1) is 1.41.